The second-order valence-corrected chi connectivity index (χ2v) is 8.31. The fourth-order valence-corrected chi connectivity index (χ4v) is 3.83. The summed E-state index contributed by atoms with van der Waals surface area (Å²) in [6, 6.07) is 3.18. The summed E-state index contributed by atoms with van der Waals surface area (Å²) >= 11 is 5.94. The zero-order valence-corrected chi connectivity index (χ0v) is 14.7. The fourth-order valence-electron chi connectivity index (χ4n) is 2.74. The molecule has 2 rings (SSSR count). The van der Waals surface area contributed by atoms with Crippen molar-refractivity contribution < 1.29 is 13.2 Å². The van der Waals surface area contributed by atoms with Crippen molar-refractivity contribution in [2.75, 3.05) is 26.0 Å². The fraction of sp³-hybridized carbons (Fsp3) is 0.667. The Kier molecular flexibility index (Phi) is 6.06. The minimum absolute atomic E-state index is 0.257. The van der Waals surface area contributed by atoms with E-state index in [2.05, 4.69) is 4.98 Å². The monoisotopic (exact) mass is 346 g/mol. The van der Waals surface area contributed by atoms with Gasteiger partial charge in [-0.3, -0.25) is 0 Å². The molecule has 1 aromatic heterocycles. The van der Waals surface area contributed by atoms with Crippen molar-refractivity contribution in [3.8, 4) is 5.88 Å². The van der Waals surface area contributed by atoms with Crippen LogP contribution in [0.2, 0.25) is 0 Å². The van der Waals surface area contributed by atoms with Gasteiger partial charge in [-0.05, 0) is 56.4 Å². The summed E-state index contributed by atoms with van der Waals surface area (Å²) in [5, 5.41) is 0. The highest BCUT2D eigenvalue weighted by Gasteiger charge is 2.17. The van der Waals surface area contributed by atoms with Crippen LogP contribution in [0.15, 0.2) is 17.0 Å². The molecule has 1 saturated heterocycles. The molecule has 0 aliphatic carbocycles. The molecule has 0 radical (unpaired) electrons. The Hall–Kier alpha value is -0.850. The standard InChI is InChI=1S/C15H23ClN2O3S/c1-12-14(22(2,19)20)5-6-15(17-12)21-11-3-4-13-7-9-18(16)10-8-13/h5-6,13H,3-4,7-11H2,1-2H3. The summed E-state index contributed by atoms with van der Waals surface area (Å²) in [5.41, 5.74) is 0.481. The average Bonchev–Trinajstić information content (AvgIpc) is 2.44. The number of ether oxygens (including phenoxy) is 1. The molecule has 0 saturated carbocycles. The largest absolute Gasteiger partial charge is 0.478 e. The Morgan fingerprint density at radius 2 is 2.05 bits per heavy atom. The first kappa shape index (κ1) is 17.5. The summed E-state index contributed by atoms with van der Waals surface area (Å²) in [5.74, 6) is 1.21. The Balaban J connectivity index is 1.77. The first-order valence-electron chi connectivity index (χ1n) is 7.57. The van der Waals surface area contributed by atoms with E-state index < -0.39 is 9.84 Å². The summed E-state index contributed by atoms with van der Waals surface area (Å²) < 4.78 is 30.5. The van der Waals surface area contributed by atoms with E-state index in [0.29, 0.717) is 18.2 Å². The molecule has 0 atom stereocenters. The third-order valence-electron chi connectivity index (χ3n) is 3.98. The normalized spacial score (nSPS) is 17.6. The van der Waals surface area contributed by atoms with Crippen LogP contribution >= 0.6 is 11.8 Å². The van der Waals surface area contributed by atoms with Gasteiger partial charge in [-0.15, -0.1) is 0 Å². The molecule has 124 valence electrons. The number of sulfone groups is 1. The second-order valence-electron chi connectivity index (χ2n) is 5.85. The summed E-state index contributed by atoms with van der Waals surface area (Å²) in [4.78, 5) is 4.47. The highest BCUT2D eigenvalue weighted by molar-refractivity contribution is 7.90. The lowest BCUT2D eigenvalue weighted by Crippen LogP contribution is -2.26. The predicted octanol–water partition coefficient (Wildman–Crippen LogP) is 2.82. The van der Waals surface area contributed by atoms with E-state index in [9.17, 15) is 8.42 Å². The van der Waals surface area contributed by atoms with Crippen LogP contribution in [0.4, 0.5) is 0 Å². The van der Waals surface area contributed by atoms with Crippen LogP contribution in [0.5, 0.6) is 5.88 Å². The molecule has 1 aromatic rings. The SMILES string of the molecule is Cc1nc(OCCCC2CCN(Cl)CC2)ccc1S(C)(=O)=O. The Morgan fingerprint density at radius 3 is 2.64 bits per heavy atom. The quantitative estimate of drug-likeness (QED) is 0.585. The maximum Gasteiger partial charge on any atom is 0.213 e. The van der Waals surface area contributed by atoms with Crippen molar-refractivity contribution in [1.29, 1.82) is 0 Å². The van der Waals surface area contributed by atoms with Crippen LogP contribution in [0, 0.1) is 12.8 Å². The van der Waals surface area contributed by atoms with Gasteiger partial charge in [0.1, 0.15) is 0 Å². The molecular weight excluding hydrogens is 324 g/mol. The third kappa shape index (κ3) is 5.11. The molecule has 0 N–H and O–H groups in total. The van der Waals surface area contributed by atoms with Gasteiger partial charge in [0, 0.05) is 25.4 Å². The second kappa shape index (κ2) is 7.62. The van der Waals surface area contributed by atoms with E-state index >= 15 is 0 Å². The number of aryl methyl sites for hydroxylation is 1. The molecule has 2 heterocycles. The molecule has 1 aliphatic heterocycles. The number of piperidine rings is 1. The van der Waals surface area contributed by atoms with Gasteiger partial charge in [-0.2, -0.15) is 0 Å². The van der Waals surface area contributed by atoms with Crippen molar-refractivity contribution in [2.24, 2.45) is 5.92 Å². The average molecular weight is 347 g/mol. The van der Waals surface area contributed by atoms with Gasteiger partial charge in [0.2, 0.25) is 5.88 Å². The minimum Gasteiger partial charge on any atom is -0.478 e. The molecule has 22 heavy (non-hydrogen) atoms. The lowest BCUT2D eigenvalue weighted by Gasteiger charge is -2.26. The van der Waals surface area contributed by atoms with Crippen molar-refractivity contribution in [2.45, 2.75) is 37.5 Å². The summed E-state index contributed by atoms with van der Waals surface area (Å²) in [7, 11) is -3.23. The van der Waals surface area contributed by atoms with Gasteiger partial charge >= 0.3 is 0 Å². The van der Waals surface area contributed by atoms with E-state index in [1.165, 1.54) is 6.26 Å². The lowest BCUT2D eigenvalue weighted by atomic mass is 9.93. The number of hydrogen-bond acceptors (Lipinski definition) is 5. The van der Waals surface area contributed by atoms with Gasteiger partial charge in [0.15, 0.2) is 9.84 Å². The van der Waals surface area contributed by atoms with Crippen molar-refractivity contribution in [3.63, 3.8) is 0 Å². The van der Waals surface area contributed by atoms with Gasteiger partial charge < -0.3 is 4.74 Å². The molecule has 1 aliphatic rings. The smallest absolute Gasteiger partial charge is 0.213 e. The van der Waals surface area contributed by atoms with E-state index in [0.717, 1.165) is 44.7 Å². The zero-order chi connectivity index (χ0) is 16.2. The van der Waals surface area contributed by atoms with Crippen molar-refractivity contribution >= 4 is 21.6 Å². The molecule has 7 heteroatoms. The van der Waals surface area contributed by atoms with Crippen molar-refractivity contribution in [1.82, 2.24) is 9.40 Å². The molecule has 0 unspecified atom stereocenters. The molecule has 1 fully saturated rings. The topological polar surface area (TPSA) is 59.5 Å². The van der Waals surface area contributed by atoms with E-state index in [-0.39, 0.29) is 4.90 Å². The number of rotatable bonds is 6. The Bertz CT molecular complexity index is 599. The van der Waals surface area contributed by atoms with Crippen LogP contribution in [0.1, 0.15) is 31.4 Å². The summed E-state index contributed by atoms with van der Waals surface area (Å²) in [6.45, 7) is 4.20. The molecule has 0 aromatic carbocycles. The molecule has 5 nitrogen and oxygen atoms in total. The zero-order valence-electron chi connectivity index (χ0n) is 13.1. The predicted molar refractivity (Wildman–Crippen MR) is 87.0 cm³/mol. The highest BCUT2D eigenvalue weighted by Crippen LogP contribution is 2.23. The number of halogens is 1. The molecular formula is C15H23ClN2O3S. The van der Waals surface area contributed by atoms with Gasteiger partial charge in [-0.25, -0.2) is 17.8 Å². The first-order chi connectivity index (χ1) is 10.4. The number of hydrogen-bond donors (Lipinski definition) is 0. The van der Waals surface area contributed by atoms with Crippen LogP contribution in [0.3, 0.4) is 0 Å². The van der Waals surface area contributed by atoms with E-state index in [4.69, 9.17) is 16.5 Å². The molecule has 0 bridgehead atoms. The first-order valence-corrected chi connectivity index (χ1v) is 9.80. The highest BCUT2D eigenvalue weighted by atomic mass is 35.5. The maximum absolute atomic E-state index is 11.5. The number of pyridine rings is 1. The maximum atomic E-state index is 11.5. The third-order valence-corrected chi connectivity index (χ3v) is 5.55. The summed E-state index contributed by atoms with van der Waals surface area (Å²) in [6.07, 6.45) is 5.57. The lowest BCUT2D eigenvalue weighted by molar-refractivity contribution is 0.239. The van der Waals surface area contributed by atoms with Gasteiger partial charge in [-0.1, -0.05) is 0 Å². The van der Waals surface area contributed by atoms with Crippen LogP contribution in [-0.4, -0.2) is 43.8 Å². The van der Waals surface area contributed by atoms with E-state index in [1.54, 1.807) is 19.1 Å². The van der Waals surface area contributed by atoms with Crippen LogP contribution in [0.25, 0.3) is 0 Å². The number of nitrogens with zero attached hydrogens (tertiary/aromatic N) is 2. The Labute approximate surface area is 137 Å². The number of aromatic nitrogens is 1. The van der Waals surface area contributed by atoms with Crippen molar-refractivity contribution in [3.05, 3.63) is 17.8 Å². The molecule has 0 amide bonds. The minimum atomic E-state index is -3.23. The van der Waals surface area contributed by atoms with Gasteiger partial charge in [0.25, 0.3) is 0 Å². The van der Waals surface area contributed by atoms with Crippen LogP contribution in [-0.2, 0) is 9.84 Å². The molecule has 0 spiro atoms. The van der Waals surface area contributed by atoms with E-state index in [1.807, 2.05) is 4.42 Å². The van der Waals surface area contributed by atoms with Gasteiger partial charge in [0.05, 0.1) is 17.2 Å². The van der Waals surface area contributed by atoms with Crippen LogP contribution < -0.4 is 4.74 Å². The Morgan fingerprint density at radius 1 is 1.36 bits per heavy atom.